The average Bonchev–Trinajstić information content (AvgIpc) is 3.23. The summed E-state index contributed by atoms with van der Waals surface area (Å²) in [6, 6.07) is 0. The van der Waals surface area contributed by atoms with Crippen LogP contribution in [0.1, 0.15) is 226 Å². The minimum atomic E-state index is -0.789. The van der Waals surface area contributed by atoms with Crippen LogP contribution in [0.2, 0.25) is 0 Å². The van der Waals surface area contributed by atoms with Gasteiger partial charge in [-0.1, -0.05) is 190 Å². The number of rotatable bonds is 43. The van der Waals surface area contributed by atoms with Crippen molar-refractivity contribution in [1.29, 1.82) is 0 Å². The number of unbranched alkanes of at least 4 members (excludes halogenated alkanes) is 20. The summed E-state index contributed by atoms with van der Waals surface area (Å²) in [4.78, 5) is 37.8. The van der Waals surface area contributed by atoms with E-state index in [1.165, 1.54) is 77.0 Å². The van der Waals surface area contributed by atoms with Crippen molar-refractivity contribution in [3.8, 4) is 0 Å². The van der Waals surface area contributed by atoms with Gasteiger partial charge < -0.3 is 14.2 Å². The van der Waals surface area contributed by atoms with E-state index < -0.39 is 6.10 Å². The van der Waals surface area contributed by atoms with Gasteiger partial charge in [0.2, 0.25) is 0 Å². The third-order valence-corrected chi connectivity index (χ3v) is 10.2. The van der Waals surface area contributed by atoms with Gasteiger partial charge in [0.1, 0.15) is 13.2 Å². The molecule has 0 bridgehead atoms. The average molecular weight is 823 g/mol. The maximum Gasteiger partial charge on any atom is 0.306 e. The molecule has 0 spiro atoms. The lowest BCUT2D eigenvalue weighted by molar-refractivity contribution is -0.167. The molecule has 0 amide bonds. The number of hydrogen-bond donors (Lipinski definition) is 0. The molecule has 0 aromatic carbocycles. The van der Waals surface area contributed by atoms with Crippen molar-refractivity contribution in [2.75, 3.05) is 13.2 Å². The van der Waals surface area contributed by atoms with Crippen molar-refractivity contribution in [1.82, 2.24) is 0 Å². The second-order valence-electron chi connectivity index (χ2n) is 16.0. The molecule has 0 fully saturated rings. The van der Waals surface area contributed by atoms with Crippen LogP contribution in [0.3, 0.4) is 0 Å². The molecule has 0 N–H and O–H groups in total. The number of hydrogen-bond acceptors (Lipinski definition) is 6. The second kappa shape index (κ2) is 47.5. The smallest absolute Gasteiger partial charge is 0.306 e. The Morgan fingerprint density at radius 2 is 0.661 bits per heavy atom. The number of ether oxygens (including phenoxy) is 3. The highest BCUT2D eigenvalue weighted by atomic mass is 16.6. The van der Waals surface area contributed by atoms with Gasteiger partial charge in [-0.2, -0.15) is 0 Å². The third-order valence-electron chi connectivity index (χ3n) is 10.2. The van der Waals surface area contributed by atoms with E-state index in [0.29, 0.717) is 19.3 Å². The van der Waals surface area contributed by atoms with Crippen LogP contribution in [0.25, 0.3) is 0 Å². The van der Waals surface area contributed by atoms with Crippen molar-refractivity contribution >= 4 is 17.9 Å². The van der Waals surface area contributed by atoms with Gasteiger partial charge in [-0.15, -0.1) is 0 Å². The van der Waals surface area contributed by atoms with Crippen LogP contribution in [-0.2, 0) is 28.6 Å². The van der Waals surface area contributed by atoms with Crippen molar-refractivity contribution in [2.45, 2.75) is 232 Å². The van der Waals surface area contributed by atoms with Crippen molar-refractivity contribution in [3.63, 3.8) is 0 Å². The zero-order valence-electron chi connectivity index (χ0n) is 38.5. The largest absolute Gasteiger partial charge is 0.462 e. The summed E-state index contributed by atoms with van der Waals surface area (Å²) < 4.78 is 16.7. The highest BCUT2D eigenvalue weighted by molar-refractivity contribution is 5.71. The molecule has 0 aromatic heterocycles. The van der Waals surface area contributed by atoms with Crippen LogP contribution < -0.4 is 0 Å². The predicted molar refractivity (Wildman–Crippen MR) is 251 cm³/mol. The first kappa shape index (κ1) is 55.9. The molecule has 6 nitrogen and oxygen atoms in total. The molecule has 338 valence electrons. The van der Waals surface area contributed by atoms with Crippen LogP contribution in [0, 0.1) is 0 Å². The van der Waals surface area contributed by atoms with E-state index in [9.17, 15) is 14.4 Å². The van der Waals surface area contributed by atoms with E-state index in [2.05, 4.69) is 93.7 Å². The van der Waals surface area contributed by atoms with Crippen LogP contribution in [0.15, 0.2) is 72.9 Å². The van der Waals surface area contributed by atoms with Gasteiger partial charge in [-0.3, -0.25) is 14.4 Å². The summed E-state index contributed by atoms with van der Waals surface area (Å²) in [5.41, 5.74) is 0. The second-order valence-corrected chi connectivity index (χ2v) is 16.0. The van der Waals surface area contributed by atoms with Crippen molar-refractivity contribution in [3.05, 3.63) is 72.9 Å². The summed E-state index contributed by atoms with van der Waals surface area (Å²) in [5, 5.41) is 0. The molecule has 0 aromatic rings. The fourth-order valence-corrected chi connectivity index (χ4v) is 6.52. The van der Waals surface area contributed by atoms with E-state index in [0.717, 1.165) is 109 Å². The van der Waals surface area contributed by atoms with Crippen molar-refractivity contribution < 1.29 is 28.6 Å². The summed E-state index contributed by atoms with van der Waals surface area (Å²) in [6.07, 6.45) is 58.8. The summed E-state index contributed by atoms with van der Waals surface area (Å²) in [6.45, 7) is 6.44. The fraction of sp³-hybridized carbons (Fsp3) is 0.717. The Hall–Kier alpha value is -3.15. The summed E-state index contributed by atoms with van der Waals surface area (Å²) in [7, 11) is 0. The molecule has 6 heteroatoms. The Morgan fingerprint density at radius 3 is 1.08 bits per heavy atom. The number of allylic oxidation sites excluding steroid dienone is 12. The number of carbonyl (C=O) groups excluding carboxylic acids is 3. The monoisotopic (exact) mass is 823 g/mol. The Labute approximate surface area is 363 Å². The molecule has 0 aliphatic rings. The minimum absolute atomic E-state index is 0.0886. The van der Waals surface area contributed by atoms with Crippen LogP contribution in [0.4, 0.5) is 0 Å². The molecule has 0 rings (SSSR count). The van der Waals surface area contributed by atoms with Gasteiger partial charge >= 0.3 is 17.9 Å². The van der Waals surface area contributed by atoms with E-state index in [1.807, 2.05) is 0 Å². The van der Waals surface area contributed by atoms with Gasteiger partial charge in [-0.25, -0.2) is 0 Å². The number of esters is 3. The first-order valence-corrected chi connectivity index (χ1v) is 24.4. The Bertz CT molecular complexity index is 1130. The normalized spacial score (nSPS) is 12.7. The molecular formula is C53H90O6. The number of carbonyl (C=O) groups is 3. The predicted octanol–water partition coefficient (Wildman–Crippen LogP) is 15.9. The highest BCUT2D eigenvalue weighted by Gasteiger charge is 2.19. The van der Waals surface area contributed by atoms with Crippen LogP contribution >= 0.6 is 0 Å². The molecule has 0 radical (unpaired) electrons. The van der Waals surface area contributed by atoms with Crippen LogP contribution in [-0.4, -0.2) is 37.2 Å². The Kier molecular flexibility index (Phi) is 45.0. The molecular weight excluding hydrogens is 733 g/mol. The molecule has 59 heavy (non-hydrogen) atoms. The topological polar surface area (TPSA) is 78.9 Å². The standard InChI is InChI=1S/C53H90O6/c1-4-7-10-13-16-19-21-23-24-25-26-27-28-30-31-34-37-40-43-46-52(55)58-49-50(48-57-51(54)45-42-39-36-33-18-15-12-9-6-3)59-53(56)47-44-41-38-35-32-29-22-20-17-14-11-8-5-2/h7,10,16,19-20,22-24,26-27,30-31,50H,4-6,8-9,11-15,17-18,21,25,28-29,32-49H2,1-3H3/b10-7-,19-16-,22-20-,24-23-,27-26-,31-30-. The quantitative estimate of drug-likeness (QED) is 0.0264. The Balaban J connectivity index is 4.40. The fourth-order valence-electron chi connectivity index (χ4n) is 6.52. The van der Waals surface area contributed by atoms with Crippen molar-refractivity contribution in [2.24, 2.45) is 0 Å². The maximum absolute atomic E-state index is 12.7. The molecule has 0 heterocycles. The van der Waals surface area contributed by atoms with E-state index in [-0.39, 0.29) is 31.1 Å². The van der Waals surface area contributed by atoms with Crippen LogP contribution in [0.5, 0.6) is 0 Å². The first-order chi connectivity index (χ1) is 29.0. The molecule has 0 aliphatic heterocycles. The molecule has 1 unspecified atom stereocenters. The van der Waals surface area contributed by atoms with Gasteiger partial charge in [0, 0.05) is 19.3 Å². The van der Waals surface area contributed by atoms with E-state index in [4.69, 9.17) is 14.2 Å². The van der Waals surface area contributed by atoms with Gasteiger partial charge in [-0.05, 0) is 89.9 Å². The van der Waals surface area contributed by atoms with Gasteiger partial charge in [0.15, 0.2) is 6.10 Å². The first-order valence-electron chi connectivity index (χ1n) is 24.4. The van der Waals surface area contributed by atoms with Gasteiger partial charge in [0.25, 0.3) is 0 Å². The Morgan fingerprint density at radius 1 is 0.356 bits per heavy atom. The maximum atomic E-state index is 12.7. The lowest BCUT2D eigenvalue weighted by Crippen LogP contribution is -2.30. The SMILES string of the molecule is CC/C=C\C/C=C\C/C=C\C/C=C\C/C=C\CCCCCC(=O)OCC(COC(=O)CCCCCCCCCCC)OC(=O)CCCCCCC/C=C\CCCCCC. The van der Waals surface area contributed by atoms with Gasteiger partial charge in [0.05, 0.1) is 0 Å². The van der Waals surface area contributed by atoms with E-state index in [1.54, 1.807) is 0 Å². The molecule has 0 saturated heterocycles. The minimum Gasteiger partial charge on any atom is -0.462 e. The molecule has 0 aliphatic carbocycles. The molecule has 0 saturated carbocycles. The highest BCUT2D eigenvalue weighted by Crippen LogP contribution is 2.13. The lowest BCUT2D eigenvalue weighted by Gasteiger charge is -2.18. The summed E-state index contributed by atoms with van der Waals surface area (Å²) >= 11 is 0. The lowest BCUT2D eigenvalue weighted by atomic mass is 10.1. The van der Waals surface area contributed by atoms with E-state index >= 15 is 0 Å². The third kappa shape index (κ3) is 45.8. The zero-order valence-corrected chi connectivity index (χ0v) is 38.5. The molecule has 1 atom stereocenters. The summed E-state index contributed by atoms with van der Waals surface area (Å²) in [5.74, 6) is -0.936. The zero-order chi connectivity index (χ0) is 43.0.